The van der Waals surface area contributed by atoms with Crippen molar-refractivity contribution in [1.29, 1.82) is 0 Å². The van der Waals surface area contributed by atoms with Crippen molar-refractivity contribution >= 4 is 16.9 Å². The molecule has 0 amide bonds. The summed E-state index contributed by atoms with van der Waals surface area (Å²) in [5.41, 5.74) is 1.24. The van der Waals surface area contributed by atoms with Gasteiger partial charge in [0, 0.05) is 16.5 Å². The molecular formula is C18H13F4NO4. The first-order chi connectivity index (χ1) is 12.7. The highest BCUT2D eigenvalue weighted by atomic mass is 19.4. The molecule has 5 nitrogen and oxygen atoms in total. The maximum atomic E-state index is 14.0. The topological polar surface area (TPSA) is 71.5 Å². The second kappa shape index (κ2) is 6.82. The Hall–Kier alpha value is -3.23. The van der Waals surface area contributed by atoms with E-state index < -0.39 is 30.3 Å². The van der Waals surface area contributed by atoms with E-state index in [0.717, 1.165) is 18.2 Å². The van der Waals surface area contributed by atoms with E-state index >= 15 is 0 Å². The number of methoxy groups -OCH3 is 1. The molecule has 0 bridgehead atoms. The van der Waals surface area contributed by atoms with Gasteiger partial charge in [-0.2, -0.15) is 0 Å². The lowest BCUT2D eigenvalue weighted by Gasteiger charge is -2.09. The van der Waals surface area contributed by atoms with Crippen molar-refractivity contribution in [2.75, 3.05) is 7.11 Å². The lowest BCUT2D eigenvalue weighted by atomic mass is 10.0. The van der Waals surface area contributed by atoms with Crippen molar-refractivity contribution in [2.45, 2.75) is 12.8 Å². The number of ether oxygens (including phenoxy) is 2. The zero-order chi connectivity index (χ0) is 19.8. The van der Waals surface area contributed by atoms with Crippen LogP contribution in [0.3, 0.4) is 0 Å². The maximum Gasteiger partial charge on any atom is 0.573 e. The molecular weight excluding hydrogens is 370 g/mol. The standard InChI is InChI=1S/C18H13F4NO4/c1-26-15-5-2-9(6-13(15)19)17-12(8-16(24)25)11-7-10(27-18(20,21)22)3-4-14(11)23-17/h2-7,23H,8H2,1H3,(H,24,25). The number of hydrogen-bond acceptors (Lipinski definition) is 3. The number of fused-ring (bicyclic) bond motifs is 1. The Bertz CT molecular complexity index is 1010. The molecule has 0 aliphatic carbocycles. The summed E-state index contributed by atoms with van der Waals surface area (Å²) in [6, 6.07) is 7.59. The fourth-order valence-electron chi connectivity index (χ4n) is 2.83. The quantitative estimate of drug-likeness (QED) is 0.636. The highest BCUT2D eigenvalue weighted by Crippen LogP contribution is 2.35. The number of H-pyrrole nitrogens is 1. The van der Waals surface area contributed by atoms with Gasteiger partial charge in [0.2, 0.25) is 0 Å². The zero-order valence-corrected chi connectivity index (χ0v) is 13.9. The predicted octanol–water partition coefficient (Wildman–Crippen LogP) is 4.51. The Morgan fingerprint density at radius 2 is 1.93 bits per heavy atom. The third kappa shape index (κ3) is 3.97. The molecule has 0 saturated carbocycles. The Labute approximate surface area is 150 Å². The summed E-state index contributed by atoms with van der Waals surface area (Å²) in [7, 11) is 1.30. The summed E-state index contributed by atoms with van der Waals surface area (Å²) in [5, 5.41) is 9.43. The van der Waals surface area contributed by atoms with Crippen molar-refractivity contribution in [3.8, 4) is 22.8 Å². The molecule has 0 radical (unpaired) electrons. The molecule has 9 heteroatoms. The molecule has 1 heterocycles. The van der Waals surface area contributed by atoms with Crippen LogP contribution in [0, 0.1) is 5.82 Å². The molecule has 0 atom stereocenters. The number of alkyl halides is 3. The molecule has 0 saturated heterocycles. The number of aromatic nitrogens is 1. The van der Waals surface area contributed by atoms with E-state index in [4.69, 9.17) is 4.74 Å². The number of aliphatic carboxylic acids is 1. The third-order valence-electron chi connectivity index (χ3n) is 3.88. The van der Waals surface area contributed by atoms with E-state index in [-0.39, 0.29) is 22.4 Å². The Morgan fingerprint density at radius 3 is 2.52 bits per heavy atom. The first kappa shape index (κ1) is 18.6. The molecule has 142 valence electrons. The Balaban J connectivity index is 2.17. The van der Waals surface area contributed by atoms with Crippen molar-refractivity contribution in [1.82, 2.24) is 4.98 Å². The minimum absolute atomic E-state index is 0.00973. The van der Waals surface area contributed by atoms with Crippen LogP contribution in [-0.2, 0) is 11.2 Å². The minimum atomic E-state index is -4.88. The number of benzene rings is 2. The van der Waals surface area contributed by atoms with Gasteiger partial charge in [0.05, 0.1) is 19.2 Å². The molecule has 1 aromatic heterocycles. The summed E-state index contributed by atoms with van der Waals surface area (Å²) in [6.45, 7) is 0. The fourth-order valence-corrected chi connectivity index (χ4v) is 2.83. The number of carboxylic acid groups (broad SMARTS) is 1. The van der Waals surface area contributed by atoms with Crippen LogP contribution in [0.15, 0.2) is 36.4 Å². The largest absolute Gasteiger partial charge is 0.573 e. The van der Waals surface area contributed by atoms with Crippen LogP contribution in [-0.4, -0.2) is 29.5 Å². The Kier molecular flexibility index (Phi) is 4.69. The molecule has 0 fully saturated rings. The van der Waals surface area contributed by atoms with E-state index in [1.54, 1.807) is 0 Å². The molecule has 0 aliphatic rings. The van der Waals surface area contributed by atoms with Crippen molar-refractivity contribution in [2.24, 2.45) is 0 Å². The molecule has 27 heavy (non-hydrogen) atoms. The number of nitrogens with one attached hydrogen (secondary N) is 1. The summed E-state index contributed by atoms with van der Waals surface area (Å²) >= 11 is 0. The molecule has 0 unspecified atom stereocenters. The first-order valence-electron chi connectivity index (χ1n) is 7.64. The molecule has 3 rings (SSSR count). The Morgan fingerprint density at radius 1 is 1.19 bits per heavy atom. The van der Waals surface area contributed by atoms with Crippen LogP contribution in [0.1, 0.15) is 5.56 Å². The van der Waals surface area contributed by atoms with E-state index in [2.05, 4.69) is 9.72 Å². The predicted molar refractivity (Wildman–Crippen MR) is 88.3 cm³/mol. The maximum absolute atomic E-state index is 14.0. The normalized spacial score (nSPS) is 11.6. The van der Waals surface area contributed by atoms with Crippen molar-refractivity contribution in [3.63, 3.8) is 0 Å². The molecule has 0 aliphatic heterocycles. The van der Waals surface area contributed by atoms with Crippen LogP contribution in [0.5, 0.6) is 11.5 Å². The lowest BCUT2D eigenvalue weighted by molar-refractivity contribution is -0.274. The van der Waals surface area contributed by atoms with Crippen LogP contribution >= 0.6 is 0 Å². The average Bonchev–Trinajstić information content (AvgIpc) is 2.91. The van der Waals surface area contributed by atoms with Gasteiger partial charge in [0.15, 0.2) is 11.6 Å². The van der Waals surface area contributed by atoms with Gasteiger partial charge in [-0.15, -0.1) is 13.2 Å². The fraction of sp³-hybridized carbons (Fsp3) is 0.167. The highest BCUT2D eigenvalue weighted by molar-refractivity contribution is 5.94. The summed E-state index contributed by atoms with van der Waals surface area (Å²) in [4.78, 5) is 14.2. The number of carbonyl (C=O) groups is 1. The van der Waals surface area contributed by atoms with Gasteiger partial charge in [0.1, 0.15) is 5.75 Å². The van der Waals surface area contributed by atoms with Crippen LogP contribution in [0.2, 0.25) is 0 Å². The van der Waals surface area contributed by atoms with Gasteiger partial charge < -0.3 is 19.6 Å². The van der Waals surface area contributed by atoms with Crippen LogP contribution in [0.25, 0.3) is 22.2 Å². The number of hydrogen-bond donors (Lipinski definition) is 2. The van der Waals surface area contributed by atoms with Gasteiger partial charge in [-0.3, -0.25) is 4.79 Å². The van der Waals surface area contributed by atoms with Gasteiger partial charge in [-0.05, 0) is 42.0 Å². The number of aromatic amines is 1. The molecule has 2 N–H and O–H groups in total. The summed E-state index contributed by atoms with van der Waals surface area (Å²) < 4.78 is 60.2. The van der Waals surface area contributed by atoms with Gasteiger partial charge in [-0.1, -0.05) is 0 Å². The lowest BCUT2D eigenvalue weighted by Crippen LogP contribution is -2.17. The average molecular weight is 383 g/mol. The van der Waals surface area contributed by atoms with Gasteiger partial charge in [0.25, 0.3) is 0 Å². The number of halogens is 4. The van der Waals surface area contributed by atoms with Gasteiger partial charge in [-0.25, -0.2) is 4.39 Å². The monoisotopic (exact) mass is 383 g/mol. The highest BCUT2D eigenvalue weighted by Gasteiger charge is 2.31. The minimum Gasteiger partial charge on any atom is -0.494 e. The van der Waals surface area contributed by atoms with Crippen molar-refractivity contribution in [3.05, 3.63) is 47.8 Å². The van der Waals surface area contributed by atoms with Crippen LogP contribution in [0.4, 0.5) is 17.6 Å². The van der Waals surface area contributed by atoms with Gasteiger partial charge >= 0.3 is 12.3 Å². The summed E-state index contributed by atoms with van der Waals surface area (Å²) in [5.74, 6) is -2.31. The zero-order valence-electron chi connectivity index (χ0n) is 13.9. The second-order valence-electron chi connectivity index (χ2n) is 5.65. The van der Waals surface area contributed by atoms with E-state index in [0.29, 0.717) is 11.1 Å². The third-order valence-corrected chi connectivity index (χ3v) is 3.88. The summed E-state index contributed by atoms with van der Waals surface area (Å²) in [6.07, 6.45) is -5.35. The van der Waals surface area contributed by atoms with E-state index in [1.165, 1.54) is 25.3 Å². The SMILES string of the molecule is COc1ccc(-c2[nH]c3ccc(OC(F)(F)F)cc3c2CC(=O)O)cc1F. The van der Waals surface area contributed by atoms with E-state index in [1.807, 2.05) is 0 Å². The van der Waals surface area contributed by atoms with Crippen molar-refractivity contribution < 1.29 is 36.9 Å². The van der Waals surface area contributed by atoms with Crippen LogP contribution < -0.4 is 9.47 Å². The molecule has 2 aromatic carbocycles. The first-order valence-corrected chi connectivity index (χ1v) is 7.64. The number of carboxylic acids is 1. The number of rotatable bonds is 5. The second-order valence-corrected chi connectivity index (χ2v) is 5.65. The molecule has 0 spiro atoms. The molecule has 3 aromatic rings. The smallest absolute Gasteiger partial charge is 0.494 e. The van der Waals surface area contributed by atoms with E-state index in [9.17, 15) is 27.5 Å².